The van der Waals surface area contributed by atoms with Crippen LogP contribution in [0.4, 0.5) is 0 Å². The molecule has 0 spiro atoms. The Morgan fingerprint density at radius 1 is 1.26 bits per heavy atom. The number of H-pyrrole nitrogens is 1. The number of fused-ring (bicyclic) bond motifs is 2. The average Bonchev–Trinajstić information content (AvgIpc) is 3.12. The highest BCUT2D eigenvalue weighted by molar-refractivity contribution is 5.92. The molecule has 1 aromatic carbocycles. The summed E-state index contributed by atoms with van der Waals surface area (Å²) >= 11 is 0. The maximum absolute atomic E-state index is 11.2. The summed E-state index contributed by atoms with van der Waals surface area (Å²) in [6, 6.07) is 5.13. The lowest BCUT2D eigenvalue weighted by Crippen LogP contribution is -2.71. The van der Waals surface area contributed by atoms with Crippen LogP contribution in [0.3, 0.4) is 0 Å². The molecule has 7 nitrogen and oxygen atoms in total. The highest BCUT2D eigenvalue weighted by Crippen LogP contribution is 2.64. The zero-order valence-electron chi connectivity index (χ0n) is 19.1. The molecule has 1 heterocycles. The van der Waals surface area contributed by atoms with Gasteiger partial charge < -0.3 is 19.9 Å². The van der Waals surface area contributed by atoms with Gasteiger partial charge in [0.25, 0.3) is 0 Å². The predicted molar refractivity (Wildman–Crippen MR) is 121 cm³/mol. The van der Waals surface area contributed by atoms with Crippen molar-refractivity contribution in [2.75, 3.05) is 0 Å². The number of benzene rings is 1. The summed E-state index contributed by atoms with van der Waals surface area (Å²) in [5.74, 6) is 1.32. The van der Waals surface area contributed by atoms with Crippen LogP contribution in [0.5, 0.6) is 11.6 Å². The lowest BCUT2D eigenvalue weighted by atomic mass is 9.44. The molecule has 0 bridgehead atoms. The maximum Gasteiger partial charge on any atom is 0.196 e. The minimum Gasteiger partial charge on any atom is -0.494 e. The third kappa shape index (κ3) is 2.94. The number of ether oxygens (including phenoxy) is 1. The number of aromatic hydroxyl groups is 1. The van der Waals surface area contributed by atoms with Crippen molar-refractivity contribution in [2.45, 2.75) is 78.0 Å². The Balaban J connectivity index is 1.94. The van der Waals surface area contributed by atoms with Gasteiger partial charge >= 0.3 is 0 Å². The van der Waals surface area contributed by atoms with Crippen LogP contribution in [0.1, 0.15) is 60.3 Å². The maximum atomic E-state index is 11.2. The molecule has 2 saturated carbocycles. The Morgan fingerprint density at radius 3 is 2.68 bits per heavy atom. The summed E-state index contributed by atoms with van der Waals surface area (Å²) in [4.78, 5) is 5.96. The molecule has 0 saturated heterocycles. The van der Waals surface area contributed by atoms with Gasteiger partial charge in [-0.1, -0.05) is 45.8 Å². The van der Waals surface area contributed by atoms with Gasteiger partial charge in [-0.15, -0.1) is 0 Å². The average molecular weight is 427 g/mol. The first-order valence-electron chi connectivity index (χ1n) is 11.3. The fraction of sp³-hybridized carbons (Fsp3) is 0.667. The summed E-state index contributed by atoms with van der Waals surface area (Å²) in [5.41, 5.74) is 7.94. The Labute approximate surface area is 183 Å². The molecule has 2 aliphatic rings. The highest BCUT2D eigenvalue weighted by atomic mass is 16.5. The summed E-state index contributed by atoms with van der Waals surface area (Å²) in [5, 5.41) is 26.9. The minimum atomic E-state index is -0.730. The van der Waals surface area contributed by atoms with E-state index >= 15 is 0 Å². The van der Waals surface area contributed by atoms with E-state index < -0.39 is 23.2 Å². The standard InChI is InChI=1S/C24H34N4O3/c1-6-23(5)14(2)10-11-19-22(3,4)20(29)17(27-28-25)12-24(19,23)31-18-9-7-8-15-16(18)13-26-21(15)30/h7-9,13-14,17,19-20,26,29-30H,6,10-12H2,1-5H3. The quantitative estimate of drug-likeness (QED) is 0.320. The van der Waals surface area contributed by atoms with Gasteiger partial charge in [0.05, 0.1) is 12.1 Å². The van der Waals surface area contributed by atoms with E-state index in [-0.39, 0.29) is 17.2 Å². The number of hydrogen-bond acceptors (Lipinski definition) is 4. The van der Waals surface area contributed by atoms with Crippen LogP contribution in [0.2, 0.25) is 0 Å². The zero-order chi connectivity index (χ0) is 22.6. The molecular formula is C24H34N4O3. The molecule has 0 amide bonds. The minimum absolute atomic E-state index is 0.0871. The van der Waals surface area contributed by atoms with Gasteiger partial charge in [-0.2, -0.15) is 0 Å². The predicted octanol–water partition coefficient (Wildman–Crippen LogP) is 5.92. The van der Waals surface area contributed by atoms with Crippen LogP contribution in [0.25, 0.3) is 21.2 Å². The molecule has 0 aliphatic heterocycles. The van der Waals surface area contributed by atoms with Gasteiger partial charge in [0.15, 0.2) is 5.88 Å². The molecule has 2 fully saturated rings. The van der Waals surface area contributed by atoms with Gasteiger partial charge in [-0.25, -0.2) is 0 Å². The van der Waals surface area contributed by atoms with E-state index in [0.29, 0.717) is 23.5 Å². The van der Waals surface area contributed by atoms with E-state index in [4.69, 9.17) is 4.74 Å². The number of rotatable bonds is 4. The topological polar surface area (TPSA) is 114 Å². The molecular weight excluding hydrogens is 392 g/mol. The summed E-state index contributed by atoms with van der Waals surface area (Å²) in [7, 11) is 0. The number of aromatic nitrogens is 1. The van der Waals surface area contributed by atoms with Crippen LogP contribution < -0.4 is 4.74 Å². The molecule has 31 heavy (non-hydrogen) atoms. The Kier molecular flexibility index (Phi) is 5.18. The number of nitrogens with zero attached hydrogens (tertiary/aromatic N) is 3. The molecule has 2 aromatic rings. The Morgan fingerprint density at radius 2 is 2.00 bits per heavy atom. The lowest BCUT2D eigenvalue weighted by molar-refractivity contribution is -0.232. The van der Waals surface area contributed by atoms with Crippen molar-refractivity contribution >= 4 is 10.8 Å². The summed E-state index contributed by atoms with van der Waals surface area (Å²) < 4.78 is 7.09. The largest absolute Gasteiger partial charge is 0.494 e. The van der Waals surface area contributed by atoms with E-state index in [1.165, 1.54) is 0 Å². The molecule has 6 atom stereocenters. The van der Waals surface area contributed by atoms with Crippen LogP contribution in [0.15, 0.2) is 29.5 Å². The zero-order valence-corrected chi connectivity index (χ0v) is 19.1. The fourth-order valence-corrected chi connectivity index (χ4v) is 6.71. The third-order valence-corrected chi connectivity index (χ3v) is 8.94. The van der Waals surface area contributed by atoms with Gasteiger partial charge in [0, 0.05) is 33.2 Å². The number of nitrogens with one attached hydrogen (secondary N) is 1. The lowest BCUT2D eigenvalue weighted by Gasteiger charge is -2.66. The normalized spacial score (nSPS) is 37.1. The Hall–Kier alpha value is -2.37. The molecule has 4 rings (SSSR count). The second kappa shape index (κ2) is 7.35. The number of azide groups is 1. The van der Waals surface area contributed by atoms with Crippen molar-refractivity contribution in [2.24, 2.45) is 27.8 Å². The first kappa shape index (κ1) is 21.8. The SMILES string of the molecule is CCC1(C)C(C)CCC2C(C)(C)C(O)C(N=[N+]=[N-])CC21Oc1cccc2c(O)[nH]cc12. The third-order valence-electron chi connectivity index (χ3n) is 8.94. The van der Waals surface area contributed by atoms with Crippen molar-refractivity contribution in [3.63, 3.8) is 0 Å². The van der Waals surface area contributed by atoms with Crippen LogP contribution in [-0.2, 0) is 0 Å². The number of hydrogen-bond donors (Lipinski definition) is 3. The molecule has 2 aliphatic carbocycles. The summed E-state index contributed by atoms with van der Waals surface area (Å²) in [6.45, 7) is 10.9. The van der Waals surface area contributed by atoms with Gasteiger partial charge in [-0.05, 0) is 54.7 Å². The van der Waals surface area contributed by atoms with E-state index in [2.05, 4.69) is 49.6 Å². The first-order valence-corrected chi connectivity index (χ1v) is 11.3. The van der Waals surface area contributed by atoms with Crippen LogP contribution >= 0.6 is 0 Å². The fourth-order valence-electron chi connectivity index (χ4n) is 6.71. The molecule has 168 valence electrons. The van der Waals surface area contributed by atoms with Crippen LogP contribution in [0, 0.1) is 22.7 Å². The van der Waals surface area contributed by atoms with E-state index in [9.17, 15) is 15.7 Å². The number of aliphatic hydroxyl groups is 1. The highest BCUT2D eigenvalue weighted by Gasteiger charge is 2.67. The van der Waals surface area contributed by atoms with Gasteiger partial charge in [0.2, 0.25) is 0 Å². The van der Waals surface area contributed by atoms with E-state index in [1.807, 2.05) is 18.2 Å². The van der Waals surface area contributed by atoms with Crippen molar-refractivity contribution in [1.29, 1.82) is 0 Å². The summed E-state index contributed by atoms with van der Waals surface area (Å²) in [6.07, 6.45) is 4.43. The van der Waals surface area contributed by atoms with Crippen molar-refractivity contribution < 1.29 is 14.9 Å². The van der Waals surface area contributed by atoms with Crippen molar-refractivity contribution in [1.82, 2.24) is 4.98 Å². The van der Waals surface area contributed by atoms with Gasteiger partial charge in [0.1, 0.15) is 11.4 Å². The monoisotopic (exact) mass is 426 g/mol. The molecule has 3 N–H and O–H groups in total. The first-order chi connectivity index (χ1) is 14.6. The van der Waals surface area contributed by atoms with Gasteiger partial charge in [-0.3, -0.25) is 0 Å². The molecule has 7 heteroatoms. The molecule has 1 aromatic heterocycles. The van der Waals surface area contributed by atoms with Crippen LogP contribution in [-0.4, -0.2) is 32.9 Å². The van der Waals surface area contributed by atoms with E-state index in [0.717, 1.165) is 24.6 Å². The van der Waals surface area contributed by atoms with Crippen molar-refractivity contribution in [3.05, 3.63) is 34.8 Å². The molecule has 6 unspecified atom stereocenters. The van der Waals surface area contributed by atoms with Crippen molar-refractivity contribution in [3.8, 4) is 11.6 Å². The second-order valence-electron chi connectivity index (χ2n) is 10.4. The smallest absolute Gasteiger partial charge is 0.196 e. The Bertz CT molecular complexity index is 1030. The van der Waals surface area contributed by atoms with E-state index in [1.54, 1.807) is 6.20 Å². The number of aliphatic hydroxyl groups excluding tert-OH is 1. The second-order valence-corrected chi connectivity index (χ2v) is 10.4. The molecule has 0 radical (unpaired) electrons. The number of aromatic amines is 1.